The lowest BCUT2D eigenvalue weighted by atomic mass is 9.75. The molecule has 0 bridgehead atoms. The summed E-state index contributed by atoms with van der Waals surface area (Å²) < 4.78 is 6.11. The summed E-state index contributed by atoms with van der Waals surface area (Å²) in [6.45, 7) is 9.14. The number of fused-ring (bicyclic) bond motifs is 1. The number of rotatable bonds is 2. The number of ketones is 1. The molecule has 0 radical (unpaired) electrons. The number of anilines is 1. The van der Waals surface area contributed by atoms with Crippen molar-refractivity contribution in [3.05, 3.63) is 29.8 Å². The maximum Gasteiger partial charge on any atom is 0.146 e. The normalized spacial score (nSPS) is 29.5. The van der Waals surface area contributed by atoms with Crippen molar-refractivity contribution in [2.24, 2.45) is 5.92 Å². The van der Waals surface area contributed by atoms with E-state index in [9.17, 15) is 4.79 Å². The molecule has 2 aliphatic rings. The van der Waals surface area contributed by atoms with Crippen LogP contribution in [-0.2, 0) is 9.53 Å². The first-order chi connectivity index (χ1) is 9.80. The number of carbonyl (C=O) groups excluding carboxylic acids is 1. The second-order valence-electron chi connectivity index (χ2n) is 7.48. The molecule has 1 fully saturated rings. The number of ether oxygens (including phenoxy) is 1. The third-order valence-electron chi connectivity index (χ3n) is 4.85. The smallest absolute Gasteiger partial charge is 0.146 e. The van der Waals surface area contributed by atoms with Crippen LogP contribution in [0.15, 0.2) is 24.3 Å². The van der Waals surface area contributed by atoms with Gasteiger partial charge in [0, 0.05) is 24.1 Å². The van der Waals surface area contributed by atoms with Gasteiger partial charge in [-0.2, -0.15) is 0 Å². The quantitative estimate of drug-likeness (QED) is 0.900. The summed E-state index contributed by atoms with van der Waals surface area (Å²) >= 11 is 0. The molecule has 2 unspecified atom stereocenters. The number of Topliss-reactive ketones (excluding diaryl/α,β-unsaturated/α-hetero) is 1. The van der Waals surface area contributed by atoms with Crippen molar-refractivity contribution in [3.63, 3.8) is 0 Å². The van der Waals surface area contributed by atoms with Gasteiger partial charge in [0.1, 0.15) is 5.78 Å². The second-order valence-corrected chi connectivity index (χ2v) is 7.48. The molecule has 0 aliphatic carbocycles. The molecular weight excluding hydrogens is 262 g/mol. The van der Waals surface area contributed by atoms with Gasteiger partial charge in [0.2, 0.25) is 0 Å². The van der Waals surface area contributed by atoms with Crippen molar-refractivity contribution in [3.8, 4) is 0 Å². The molecular formula is C18H25NO2. The van der Waals surface area contributed by atoms with Crippen LogP contribution in [0.5, 0.6) is 0 Å². The molecule has 1 saturated heterocycles. The van der Waals surface area contributed by atoms with Crippen LogP contribution in [0.3, 0.4) is 0 Å². The zero-order chi connectivity index (χ0) is 15.3. The van der Waals surface area contributed by atoms with E-state index < -0.39 is 0 Å². The number of hydrogen-bond acceptors (Lipinski definition) is 3. The van der Waals surface area contributed by atoms with E-state index in [4.69, 9.17) is 4.74 Å². The van der Waals surface area contributed by atoms with Gasteiger partial charge in [0.25, 0.3) is 0 Å². The Morgan fingerprint density at radius 2 is 1.95 bits per heavy atom. The average Bonchev–Trinajstić information content (AvgIpc) is 2.65. The Bertz CT molecular complexity index is 562. The summed E-state index contributed by atoms with van der Waals surface area (Å²) in [5.74, 6) is 0.326. The third kappa shape index (κ3) is 2.59. The lowest BCUT2D eigenvalue weighted by molar-refractivity contribution is -0.131. The zero-order valence-electron chi connectivity index (χ0n) is 13.4. The first kappa shape index (κ1) is 14.6. The van der Waals surface area contributed by atoms with E-state index in [1.807, 2.05) is 12.1 Å². The van der Waals surface area contributed by atoms with Crippen molar-refractivity contribution in [2.45, 2.75) is 57.7 Å². The van der Waals surface area contributed by atoms with Gasteiger partial charge in [0.05, 0.1) is 11.2 Å². The van der Waals surface area contributed by atoms with Crippen molar-refractivity contribution in [1.82, 2.24) is 0 Å². The fourth-order valence-corrected chi connectivity index (χ4v) is 4.01. The highest BCUT2D eigenvalue weighted by Gasteiger charge is 2.50. The first-order valence-electron chi connectivity index (χ1n) is 7.87. The van der Waals surface area contributed by atoms with Crippen molar-refractivity contribution in [2.75, 3.05) is 11.9 Å². The van der Waals surface area contributed by atoms with Gasteiger partial charge in [-0.1, -0.05) is 18.2 Å². The fourth-order valence-electron chi connectivity index (χ4n) is 4.01. The molecule has 1 aromatic carbocycles. The Kier molecular flexibility index (Phi) is 3.36. The Morgan fingerprint density at radius 3 is 2.62 bits per heavy atom. The van der Waals surface area contributed by atoms with Crippen LogP contribution in [0.2, 0.25) is 0 Å². The molecule has 0 amide bonds. The predicted octanol–water partition coefficient (Wildman–Crippen LogP) is 3.75. The van der Waals surface area contributed by atoms with E-state index >= 15 is 0 Å². The molecule has 1 aromatic rings. The maximum atomic E-state index is 13.2. The summed E-state index contributed by atoms with van der Waals surface area (Å²) in [6, 6.07) is 8.18. The maximum absolute atomic E-state index is 13.2. The number of hydrogen-bond donors (Lipinski definition) is 1. The lowest BCUT2D eigenvalue weighted by Crippen LogP contribution is -2.37. The van der Waals surface area contributed by atoms with Gasteiger partial charge >= 0.3 is 0 Å². The van der Waals surface area contributed by atoms with E-state index in [-0.39, 0.29) is 23.0 Å². The first-order valence-corrected chi connectivity index (χ1v) is 7.87. The number of nitrogens with one attached hydrogen (secondary N) is 1. The molecule has 2 aliphatic heterocycles. The predicted molar refractivity (Wildman–Crippen MR) is 84.6 cm³/mol. The standard InChI is InChI=1S/C18H25NO2/c1-17(2)11-14(18(3,4)21-17)16(20)13-9-10-19-15-8-6-5-7-12(13)15/h5-8,13-14,19H,9-11H2,1-4H3. The molecule has 3 rings (SSSR count). The molecule has 21 heavy (non-hydrogen) atoms. The molecule has 1 N–H and O–H groups in total. The van der Waals surface area contributed by atoms with Crippen molar-refractivity contribution in [1.29, 1.82) is 0 Å². The van der Waals surface area contributed by atoms with Gasteiger partial charge in [0.15, 0.2) is 0 Å². The minimum Gasteiger partial charge on any atom is -0.385 e. The molecule has 2 atom stereocenters. The molecule has 2 heterocycles. The van der Waals surface area contributed by atoms with Crippen LogP contribution < -0.4 is 5.32 Å². The van der Waals surface area contributed by atoms with Gasteiger partial charge in [-0.05, 0) is 52.2 Å². The molecule has 114 valence electrons. The monoisotopic (exact) mass is 287 g/mol. The van der Waals surface area contributed by atoms with E-state index in [0.717, 1.165) is 30.6 Å². The lowest BCUT2D eigenvalue weighted by Gasteiger charge is -2.31. The Balaban J connectivity index is 1.90. The Labute approximate surface area is 127 Å². The van der Waals surface area contributed by atoms with Crippen molar-refractivity contribution >= 4 is 11.5 Å². The van der Waals surface area contributed by atoms with Gasteiger partial charge < -0.3 is 10.1 Å². The summed E-state index contributed by atoms with van der Waals surface area (Å²) in [5, 5.41) is 3.39. The highest BCUT2D eigenvalue weighted by atomic mass is 16.5. The molecule has 0 spiro atoms. The van der Waals surface area contributed by atoms with Crippen LogP contribution >= 0.6 is 0 Å². The summed E-state index contributed by atoms with van der Waals surface area (Å²) in [6.07, 6.45) is 1.69. The third-order valence-corrected chi connectivity index (χ3v) is 4.85. The Morgan fingerprint density at radius 1 is 1.24 bits per heavy atom. The van der Waals surface area contributed by atoms with Gasteiger partial charge in [-0.3, -0.25) is 4.79 Å². The second kappa shape index (κ2) is 4.84. The molecule has 0 aromatic heterocycles. The summed E-state index contributed by atoms with van der Waals surface area (Å²) in [7, 11) is 0. The van der Waals surface area contributed by atoms with E-state index in [1.54, 1.807) is 0 Å². The molecule has 3 nitrogen and oxygen atoms in total. The minimum absolute atomic E-state index is 0.00391. The van der Waals surface area contributed by atoms with Gasteiger partial charge in [-0.15, -0.1) is 0 Å². The van der Waals surface area contributed by atoms with Crippen LogP contribution in [-0.4, -0.2) is 23.5 Å². The number of carbonyl (C=O) groups is 1. The van der Waals surface area contributed by atoms with Crippen molar-refractivity contribution < 1.29 is 9.53 Å². The van der Waals surface area contributed by atoms with E-state index in [1.165, 1.54) is 0 Å². The number of benzene rings is 1. The van der Waals surface area contributed by atoms with E-state index in [2.05, 4.69) is 45.1 Å². The summed E-state index contributed by atoms with van der Waals surface area (Å²) in [4.78, 5) is 13.2. The van der Waals surface area contributed by atoms with E-state index in [0.29, 0.717) is 5.78 Å². The van der Waals surface area contributed by atoms with Crippen LogP contribution in [0.4, 0.5) is 5.69 Å². The van der Waals surface area contributed by atoms with Gasteiger partial charge in [-0.25, -0.2) is 0 Å². The average molecular weight is 287 g/mol. The Hall–Kier alpha value is -1.35. The van der Waals surface area contributed by atoms with Crippen LogP contribution in [0.1, 0.15) is 52.0 Å². The fraction of sp³-hybridized carbons (Fsp3) is 0.611. The topological polar surface area (TPSA) is 38.3 Å². The highest BCUT2D eigenvalue weighted by Crippen LogP contribution is 2.46. The summed E-state index contributed by atoms with van der Waals surface area (Å²) in [5.41, 5.74) is 1.67. The largest absolute Gasteiger partial charge is 0.385 e. The SMILES string of the molecule is CC1(C)CC(C(=O)C2CCNc3ccccc32)C(C)(C)O1. The van der Waals surface area contributed by atoms with Crippen LogP contribution in [0, 0.1) is 5.92 Å². The molecule has 3 heteroatoms. The number of para-hydroxylation sites is 1. The zero-order valence-corrected chi connectivity index (χ0v) is 13.4. The minimum atomic E-state index is -0.375. The highest BCUT2D eigenvalue weighted by molar-refractivity contribution is 5.91. The molecule has 0 saturated carbocycles. The van der Waals surface area contributed by atoms with Crippen LogP contribution in [0.25, 0.3) is 0 Å².